The van der Waals surface area contributed by atoms with Crippen molar-refractivity contribution in [1.29, 1.82) is 0 Å². The Hall–Kier alpha value is -2.04. The summed E-state index contributed by atoms with van der Waals surface area (Å²) in [6.07, 6.45) is 0.919. The van der Waals surface area contributed by atoms with Gasteiger partial charge in [0.15, 0.2) is 11.6 Å². The van der Waals surface area contributed by atoms with Crippen LogP contribution in [0.3, 0.4) is 0 Å². The molecule has 0 aliphatic heterocycles. The van der Waals surface area contributed by atoms with E-state index in [-0.39, 0.29) is 0 Å². The molecule has 5 nitrogen and oxygen atoms in total. The highest BCUT2D eigenvalue weighted by molar-refractivity contribution is 5.46. The van der Waals surface area contributed by atoms with Gasteiger partial charge in [0, 0.05) is 12.7 Å². The molecule has 2 aromatic heterocycles. The van der Waals surface area contributed by atoms with E-state index in [0.717, 1.165) is 23.5 Å². The van der Waals surface area contributed by atoms with Gasteiger partial charge in [0.2, 0.25) is 0 Å². The normalized spacial score (nSPS) is 10.6. The zero-order chi connectivity index (χ0) is 13.1. The maximum atomic E-state index is 5.80. The fourth-order valence-corrected chi connectivity index (χ4v) is 1.72. The van der Waals surface area contributed by atoms with E-state index in [2.05, 4.69) is 17.0 Å². The molecule has 0 aliphatic rings. The lowest BCUT2D eigenvalue weighted by molar-refractivity contribution is 0.295. The highest BCUT2D eigenvalue weighted by Gasteiger charge is 2.06. The molecule has 0 bridgehead atoms. The van der Waals surface area contributed by atoms with E-state index >= 15 is 0 Å². The first kappa shape index (κ1) is 12.4. The van der Waals surface area contributed by atoms with Crippen LogP contribution in [0.25, 0.3) is 0 Å². The van der Waals surface area contributed by atoms with Crippen LogP contribution in [0, 0.1) is 6.92 Å². The average molecular weight is 246 g/mol. The second-order valence-electron chi connectivity index (χ2n) is 4.23. The maximum absolute atomic E-state index is 5.80. The van der Waals surface area contributed by atoms with Gasteiger partial charge in [-0.25, -0.2) is 4.98 Å². The van der Waals surface area contributed by atoms with Crippen molar-refractivity contribution in [1.82, 2.24) is 14.8 Å². The lowest BCUT2D eigenvalue weighted by Crippen LogP contribution is -2.05. The van der Waals surface area contributed by atoms with E-state index in [0.29, 0.717) is 18.2 Å². The van der Waals surface area contributed by atoms with Crippen LogP contribution >= 0.6 is 0 Å². The Kier molecular flexibility index (Phi) is 3.50. The van der Waals surface area contributed by atoms with Gasteiger partial charge >= 0.3 is 0 Å². The molecule has 0 spiro atoms. The molecular formula is C13H18N4O. The molecule has 5 heteroatoms. The molecule has 18 heavy (non-hydrogen) atoms. The molecular weight excluding hydrogens is 228 g/mol. The lowest BCUT2D eigenvalue weighted by atomic mass is 10.3. The summed E-state index contributed by atoms with van der Waals surface area (Å²) in [6.45, 7) is 4.42. The van der Waals surface area contributed by atoms with Gasteiger partial charge in [-0.1, -0.05) is 6.92 Å². The third-order valence-electron chi connectivity index (χ3n) is 2.79. The highest BCUT2D eigenvalue weighted by atomic mass is 16.5. The van der Waals surface area contributed by atoms with Gasteiger partial charge in [-0.15, -0.1) is 0 Å². The number of aryl methyl sites for hydroxylation is 3. The van der Waals surface area contributed by atoms with Gasteiger partial charge in [-0.2, -0.15) is 5.10 Å². The molecule has 0 aromatic carbocycles. The van der Waals surface area contributed by atoms with Gasteiger partial charge in [0.05, 0.1) is 11.4 Å². The van der Waals surface area contributed by atoms with Crippen LogP contribution < -0.4 is 10.5 Å². The first-order valence-corrected chi connectivity index (χ1v) is 5.98. The fraction of sp³-hybridized carbons (Fsp3) is 0.385. The molecule has 0 saturated heterocycles. The first-order chi connectivity index (χ1) is 8.60. The van der Waals surface area contributed by atoms with Crippen molar-refractivity contribution in [2.75, 3.05) is 5.73 Å². The van der Waals surface area contributed by atoms with Crippen LogP contribution in [0.15, 0.2) is 18.2 Å². The summed E-state index contributed by atoms with van der Waals surface area (Å²) in [4.78, 5) is 4.16. The van der Waals surface area contributed by atoms with Crippen molar-refractivity contribution in [2.45, 2.75) is 26.9 Å². The predicted molar refractivity (Wildman–Crippen MR) is 70.3 cm³/mol. The van der Waals surface area contributed by atoms with Crippen LogP contribution in [0.4, 0.5) is 5.82 Å². The monoisotopic (exact) mass is 246 g/mol. The molecule has 0 aliphatic carbocycles. The summed E-state index contributed by atoms with van der Waals surface area (Å²) in [5.41, 5.74) is 8.76. The number of nitrogens with two attached hydrogens (primary N) is 1. The SMILES string of the molecule is CCc1cc(COc2ccc(C)nc2N)n(C)n1. The molecule has 0 fully saturated rings. The number of anilines is 1. The van der Waals surface area contributed by atoms with Crippen molar-refractivity contribution >= 4 is 5.82 Å². The summed E-state index contributed by atoms with van der Waals surface area (Å²) in [5.74, 6) is 1.03. The van der Waals surface area contributed by atoms with Crippen molar-refractivity contribution in [3.05, 3.63) is 35.3 Å². The second kappa shape index (κ2) is 5.08. The zero-order valence-corrected chi connectivity index (χ0v) is 11.0. The molecule has 0 radical (unpaired) electrons. The Morgan fingerprint density at radius 1 is 1.39 bits per heavy atom. The summed E-state index contributed by atoms with van der Waals surface area (Å²) in [7, 11) is 1.91. The number of hydrogen-bond acceptors (Lipinski definition) is 4. The number of hydrogen-bond donors (Lipinski definition) is 1. The summed E-state index contributed by atoms with van der Waals surface area (Å²) >= 11 is 0. The number of pyridine rings is 1. The Labute approximate surface area is 107 Å². The predicted octanol–water partition coefficient (Wildman–Crippen LogP) is 1.85. The number of nitrogen functional groups attached to an aromatic ring is 1. The third kappa shape index (κ3) is 2.61. The molecule has 2 heterocycles. The molecule has 0 saturated carbocycles. The number of ether oxygens (including phenoxy) is 1. The number of rotatable bonds is 4. The maximum Gasteiger partial charge on any atom is 0.166 e. The molecule has 0 unspecified atom stereocenters. The molecule has 0 amide bonds. The Morgan fingerprint density at radius 3 is 2.78 bits per heavy atom. The van der Waals surface area contributed by atoms with Crippen molar-refractivity contribution < 1.29 is 4.74 Å². The Bertz CT molecular complexity index is 548. The van der Waals surface area contributed by atoms with Crippen molar-refractivity contribution in [2.24, 2.45) is 7.05 Å². The summed E-state index contributed by atoms with van der Waals surface area (Å²) < 4.78 is 7.50. The van der Waals surface area contributed by atoms with E-state index in [1.54, 1.807) is 0 Å². The Balaban J connectivity index is 2.08. The Morgan fingerprint density at radius 2 is 2.17 bits per heavy atom. The third-order valence-corrected chi connectivity index (χ3v) is 2.79. The zero-order valence-electron chi connectivity index (χ0n) is 11.0. The average Bonchev–Trinajstić information content (AvgIpc) is 2.69. The number of nitrogens with zero attached hydrogens (tertiary/aromatic N) is 3. The summed E-state index contributed by atoms with van der Waals surface area (Å²) in [5, 5.41) is 4.37. The molecule has 96 valence electrons. The minimum atomic E-state index is 0.424. The van der Waals surface area contributed by atoms with E-state index in [1.165, 1.54) is 0 Å². The minimum absolute atomic E-state index is 0.424. The van der Waals surface area contributed by atoms with Gasteiger partial charge in [-0.05, 0) is 31.5 Å². The fourth-order valence-electron chi connectivity index (χ4n) is 1.72. The lowest BCUT2D eigenvalue weighted by Gasteiger charge is -2.08. The van der Waals surface area contributed by atoms with Gasteiger partial charge in [0.1, 0.15) is 6.61 Å². The first-order valence-electron chi connectivity index (χ1n) is 5.98. The van der Waals surface area contributed by atoms with Gasteiger partial charge in [0.25, 0.3) is 0 Å². The van der Waals surface area contributed by atoms with Crippen LogP contribution in [0.5, 0.6) is 5.75 Å². The largest absolute Gasteiger partial charge is 0.483 e. The quantitative estimate of drug-likeness (QED) is 0.894. The van der Waals surface area contributed by atoms with Crippen LogP contribution in [-0.2, 0) is 20.1 Å². The van der Waals surface area contributed by atoms with Crippen LogP contribution in [0.1, 0.15) is 24.0 Å². The highest BCUT2D eigenvalue weighted by Crippen LogP contribution is 2.20. The number of aromatic nitrogens is 3. The van der Waals surface area contributed by atoms with Crippen molar-refractivity contribution in [3.63, 3.8) is 0 Å². The van der Waals surface area contributed by atoms with Crippen molar-refractivity contribution in [3.8, 4) is 5.75 Å². The van der Waals surface area contributed by atoms with Crippen LogP contribution in [-0.4, -0.2) is 14.8 Å². The van der Waals surface area contributed by atoms with E-state index < -0.39 is 0 Å². The van der Waals surface area contributed by atoms with E-state index in [4.69, 9.17) is 10.5 Å². The van der Waals surface area contributed by atoms with Gasteiger partial charge < -0.3 is 10.5 Å². The smallest absolute Gasteiger partial charge is 0.166 e. The minimum Gasteiger partial charge on any atom is -0.483 e. The molecule has 0 atom stereocenters. The second-order valence-corrected chi connectivity index (χ2v) is 4.23. The van der Waals surface area contributed by atoms with E-state index in [9.17, 15) is 0 Å². The molecule has 2 N–H and O–H groups in total. The molecule has 2 rings (SSSR count). The van der Waals surface area contributed by atoms with E-state index in [1.807, 2.05) is 36.9 Å². The molecule has 2 aromatic rings. The topological polar surface area (TPSA) is 66.0 Å². The van der Waals surface area contributed by atoms with Gasteiger partial charge in [-0.3, -0.25) is 4.68 Å². The summed E-state index contributed by atoms with van der Waals surface area (Å²) in [6, 6.07) is 5.76. The standard InChI is InChI=1S/C13H18N4O/c1-4-10-7-11(17(3)16-10)8-18-12-6-5-9(2)15-13(12)14/h5-7H,4,8H2,1-3H3,(H2,14,15). The van der Waals surface area contributed by atoms with Crippen LogP contribution in [0.2, 0.25) is 0 Å².